The summed E-state index contributed by atoms with van der Waals surface area (Å²) in [6.45, 7) is 0. The van der Waals surface area contributed by atoms with Gasteiger partial charge in [-0.25, -0.2) is 0 Å². The molecule has 0 saturated heterocycles. The molecule has 0 heterocycles. The molecule has 0 saturated carbocycles. The average Bonchev–Trinajstić information content (AvgIpc) is 1.50. The molecule has 12 valence electrons. The van der Waals surface area contributed by atoms with Crippen LogP contribution in [0.5, 0.6) is 0 Å². The van der Waals surface area contributed by atoms with Crippen LogP contribution in [-0.4, -0.2) is 146 Å². The first-order valence-electron chi connectivity index (χ1n) is 1.000. The molecule has 0 N–H and O–H groups in total. The van der Waals surface area contributed by atoms with Gasteiger partial charge < -0.3 is 0 Å². The topological polar surface area (TPSA) is 0 Å². The molecule has 6 heavy (non-hydrogen) atoms. The monoisotopic (exact) mass is 272 g/mol. The molecule has 0 rings (SSSR count). The summed E-state index contributed by atoms with van der Waals surface area (Å²) in [5, 5.41) is 0. The molecule has 0 amide bonds. The third kappa shape index (κ3) is 22.5. The van der Waals surface area contributed by atoms with Gasteiger partial charge in [0.15, 0.2) is 0 Å². The maximum absolute atomic E-state index is 2.03. The molecule has 0 unspecified atom stereocenters. The van der Waals surface area contributed by atoms with Crippen molar-refractivity contribution in [1.82, 2.24) is 0 Å². The third-order valence-corrected chi connectivity index (χ3v) is 0. The summed E-state index contributed by atoms with van der Waals surface area (Å²) in [5.41, 5.74) is 0. The molecule has 0 aliphatic rings. The van der Waals surface area contributed by atoms with Gasteiger partial charge in [-0.15, -0.1) is 0 Å². The van der Waals surface area contributed by atoms with Gasteiger partial charge in [0, 0.05) is 46.1 Å². The Morgan fingerprint density at radius 1 is 0.667 bits per heavy atom. The summed E-state index contributed by atoms with van der Waals surface area (Å²) in [6.07, 6.45) is 0. The van der Waals surface area contributed by atoms with E-state index in [1.807, 2.05) is 24.5 Å². The molecule has 0 aliphatic heterocycles. The minimum atomic E-state index is 0. The van der Waals surface area contributed by atoms with Crippen LogP contribution >= 0.6 is 0 Å². The summed E-state index contributed by atoms with van der Waals surface area (Å²) in [5.74, 6) is 0. The Hall–Kier alpha value is 6.03. The van der Waals surface area contributed by atoms with E-state index < -0.39 is 0 Å². The van der Waals surface area contributed by atoms with Gasteiger partial charge in [-0.2, -0.15) is 0 Å². The number of rotatable bonds is 0. The van der Waals surface area contributed by atoms with Gasteiger partial charge in [0.25, 0.3) is 0 Å². The van der Waals surface area contributed by atoms with E-state index in [2.05, 4.69) is 0 Å². The Bertz CT molecular complexity index is 5.51. The maximum atomic E-state index is 2.03. The van der Waals surface area contributed by atoms with Gasteiger partial charge >= 0.3 is 100 Å². The molecule has 0 spiro atoms. The molecular weight excluding hydrogens is 272 g/mol. The van der Waals surface area contributed by atoms with Crippen molar-refractivity contribution in [3.63, 3.8) is 0 Å². The Morgan fingerprint density at radius 2 is 0.667 bits per heavy atom. The zero-order valence-corrected chi connectivity index (χ0v) is 16.9. The van der Waals surface area contributed by atoms with Gasteiger partial charge in [-0.05, 0) is 0 Å². The first-order valence-corrected chi connectivity index (χ1v) is 17.7. The SMILES string of the molecule is [Mg].[Mg].[Mg][Sr].[Mg][Sr]. The predicted octanol–water partition coefficient (Wildman–Crippen LogP) is -2.28. The van der Waals surface area contributed by atoms with Crippen molar-refractivity contribution in [2.24, 2.45) is 0 Å². The molecule has 6 heteroatoms. The average molecular weight is 272 g/mol. The van der Waals surface area contributed by atoms with Crippen molar-refractivity contribution in [3.8, 4) is 0 Å². The van der Waals surface area contributed by atoms with Gasteiger partial charge in [0.05, 0.1) is 0 Å². The van der Waals surface area contributed by atoms with E-state index >= 15 is 0 Å². The van der Waals surface area contributed by atoms with Crippen molar-refractivity contribution in [2.45, 2.75) is 0 Å². The Kier molecular flexibility index (Phi) is 115. The molecule has 0 aromatic rings. The summed E-state index contributed by atoms with van der Waals surface area (Å²) < 4.78 is 0. The van der Waals surface area contributed by atoms with Gasteiger partial charge in [0.2, 0.25) is 0 Å². The Morgan fingerprint density at radius 3 is 0.667 bits per heavy atom. The molecule has 0 aliphatic carbocycles. The van der Waals surface area contributed by atoms with Gasteiger partial charge in [-0.1, -0.05) is 0 Å². The number of hydrogen-bond donors (Lipinski definition) is 0. The van der Waals surface area contributed by atoms with E-state index in [0.717, 1.165) is 0 Å². The van der Waals surface area contributed by atoms with Gasteiger partial charge in [-0.3, -0.25) is 0 Å². The van der Waals surface area contributed by atoms with Crippen molar-refractivity contribution >= 4 is 146 Å². The van der Waals surface area contributed by atoms with Crippen LogP contribution in [0.2, 0.25) is 0 Å². The third-order valence-electron chi connectivity index (χ3n) is 0. The van der Waals surface area contributed by atoms with Crippen LogP contribution in [0.25, 0.3) is 0 Å². The van der Waals surface area contributed by atoms with Crippen LogP contribution in [0.3, 0.4) is 0 Å². The first kappa shape index (κ1) is 22.7. The van der Waals surface area contributed by atoms with Crippen LogP contribution in [0.1, 0.15) is 0 Å². The molecule has 0 aromatic heterocycles. The Balaban J connectivity index is -0.00000000500. The summed E-state index contributed by atoms with van der Waals surface area (Å²) >= 11 is 6.42. The van der Waals surface area contributed by atoms with E-state index in [1.165, 1.54) is 75.6 Å². The van der Waals surface area contributed by atoms with Crippen LogP contribution in [-0.2, 0) is 0 Å². The Labute approximate surface area is 140 Å². The van der Waals surface area contributed by atoms with Crippen molar-refractivity contribution < 1.29 is 0 Å². The van der Waals surface area contributed by atoms with Crippen LogP contribution in [0.15, 0.2) is 0 Å². The molecular formula is Mg4Sr2. The second-order valence-corrected chi connectivity index (χ2v) is 0. The minimum absolute atomic E-state index is 0. The summed E-state index contributed by atoms with van der Waals surface area (Å²) in [7, 11) is 0. The molecule has 8 radical (unpaired) electrons. The molecule has 0 nitrogen and oxygen atoms in total. The zero-order chi connectivity index (χ0) is 4.00. The summed E-state index contributed by atoms with van der Waals surface area (Å²) in [6, 6.07) is 0. The van der Waals surface area contributed by atoms with Crippen LogP contribution in [0, 0.1) is 0 Å². The molecule has 0 fully saturated rings. The van der Waals surface area contributed by atoms with Crippen LogP contribution < -0.4 is 0 Å². The van der Waals surface area contributed by atoms with E-state index in [-0.39, 0.29) is 46.1 Å². The van der Waals surface area contributed by atoms with Crippen molar-refractivity contribution in [1.29, 1.82) is 0 Å². The van der Waals surface area contributed by atoms with E-state index in [0.29, 0.717) is 0 Å². The molecule has 0 atom stereocenters. The standard InChI is InChI=1S/4Mg.2Sr. The summed E-state index contributed by atoms with van der Waals surface area (Å²) in [4.78, 5) is 0. The van der Waals surface area contributed by atoms with Crippen LogP contribution in [0.4, 0.5) is 0 Å². The fraction of sp³-hybridized carbons (Fsp3) is 0. The quantitative estimate of drug-likeness (QED) is 0.436. The number of hydrogen-bond acceptors (Lipinski definition) is 0. The first-order chi connectivity index (χ1) is 2.00. The second-order valence-electron chi connectivity index (χ2n) is 0. The van der Waals surface area contributed by atoms with Crippen molar-refractivity contribution in [2.75, 3.05) is 0 Å². The molecule has 0 bridgehead atoms. The second kappa shape index (κ2) is 30.5. The zero-order valence-electron chi connectivity index (χ0n) is 4.24. The fourth-order valence-electron chi connectivity index (χ4n) is 0. The molecule has 0 aromatic carbocycles. The van der Waals surface area contributed by atoms with Crippen molar-refractivity contribution in [3.05, 3.63) is 0 Å². The fourth-order valence-corrected chi connectivity index (χ4v) is 0. The van der Waals surface area contributed by atoms with E-state index in [4.69, 9.17) is 0 Å². The van der Waals surface area contributed by atoms with Gasteiger partial charge in [0.1, 0.15) is 0 Å². The van der Waals surface area contributed by atoms with E-state index in [9.17, 15) is 0 Å². The normalized spacial score (nSPS) is 0.667. The van der Waals surface area contributed by atoms with E-state index in [1.54, 1.807) is 0 Å². The predicted molar refractivity (Wildman–Crippen MR) is 34.5 cm³/mol.